The number of para-hydroxylation sites is 2. The van der Waals surface area contributed by atoms with Gasteiger partial charge in [0.1, 0.15) is 12.4 Å². The first kappa shape index (κ1) is 21.7. The van der Waals surface area contributed by atoms with E-state index in [1.165, 1.54) is 6.08 Å². The standard InChI is InChI=1S/C22H32N4O2/c1-7-20(27)23-17(6)22-24-18-10-8-9-11-19(18)26(22)14-21(28)25(12-15(2)3)13-16(4)5/h7-11,15-17H,1,12-14H2,2-6H3,(H,23,27). The summed E-state index contributed by atoms with van der Waals surface area (Å²) in [6, 6.07) is 7.39. The predicted molar refractivity (Wildman–Crippen MR) is 113 cm³/mol. The van der Waals surface area contributed by atoms with Gasteiger partial charge in [0.25, 0.3) is 0 Å². The largest absolute Gasteiger partial charge is 0.343 e. The minimum atomic E-state index is -0.339. The molecule has 0 radical (unpaired) electrons. The number of nitrogens with zero attached hydrogens (tertiary/aromatic N) is 3. The lowest BCUT2D eigenvalue weighted by molar-refractivity contribution is -0.132. The Bertz CT molecular complexity index is 828. The number of amides is 2. The molecule has 2 amide bonds. The summed E-state index contributed by atoms with van der Waals surface area (Å²) in [4.78, 5) is 31.5. The molecule has 1 heterocycles. The van der Waals surface area contributed by atoms with Crippen LogP contribution in [0.4, 0.5) is 0 Å². The summed E-state index contributed by atoms with van der Waals surface area (Å²) in [5.74, 6) is 1.26. The van der Waals surface area contributed by atoms with Gasteiger partial charge in [0.2, 0.25) is 11.8 Å². The average molecular weight is 385 g/mol. The Morgan fingerprint density at radius 2 is 1.75 bits per heavy atom. The smallest absolute Gasteiger partial charge is 0.243 e. The number of hydrogen-bond acceptors (Lipinski definition) is 3. The Kier molecular flexibility index (Phi) is 7.38. The predicted octanol–water partition coefficient (Wildman–Crippen LogP) is 3.54. The number of rotatable bonds is 9. The molecule has 2 aromatic rings. The highest BCUT2D eigenvalue weighted by molar-refractivity contribution is 5.87. The molecule has 6 heteroatoms. The Morgan fingerprint density at radius 3 is 2.32 bits per heavy atom. The van der Waals surface area contributed by atoms with E-state index in [0.29, 0.717) is 17.7 Å². The molecule has 0 saturated heterocycles. The van der Waals surface area contributed by atoms with Gasteiger partial charge in [-0.05, 0) is 37.0 Å². The summed E-state index contributed by atoms with van der Waals surface area (Å²) in [5.41, 5.74) is 1.70. The second-order valence-electron chi connectivity index (χ2n) is 8.07. The molecule has 1 atom stereocenters. The fraction of sp³-hybridized carbons (Fsp3) is 0.500. The molecule has 28 heavy (non-hydrogen) atoms. The van der Waals surface area contributed by atoms with Crippen molar-refractivity contribution in [1.29, 1.82) is 0 Å². The first-order chi connectivity index (χ1) is 13.2. The molecule has 2 rings (SSSR count). The van der Waals surface area contributed by atoms with Gasteiger partial charge in [0, 0.05) is 13.1 Å². The first-order valence-electron chi connectivity index (χ1n) is 9.88. The third-order valence-corrected chi connectivity index (χ3v) is 4.43. The molecule has 0 aliphatic heterocycles. The van der Waals surface area contributed by atoms with Crippen molar-refractivity contribution in [2.24, 2.45) is 11.8 Å². The van der Waals surface area contributed by atoms with Crippen molar-refractivity contribution < 1.29 is 9.59 Å². The quantitative estimate of drug-likeness (QED) is 0.673. The Hall–Kier alpha value is -2.63. The lowest BCUT2D eigenvalue weighted by Gasteiger charge is -2.27. The van der Waals surface area contributed by atoms with Gasteiger partial charge in [0.05, 0.1) is 17.1 Å². The van der Waals surface area contributed by atoms with Crippen LogP contribution in [0.15, 0.2) is 36.9 Å². The van der Waals surface area contributed by atoms with Crippen LogP contribution in [0, 0.1) is 11.8 Å². The number of carbonyl (C=O) groups is 2. The van der Waals surface area contributed by atoms with Crippen LogP contribution in [-0.4, -0.2) is 39.4 Å². The van der Waals surface area contributed by atoms with Crippen molar-refractivity contribution in [2.75, 3.05) is 13.1 Å². The molecule has 152 valence electrons. The third-order valence-electron chi connectivity index (χ3n) is 4.43. The Morgan fingerprint density at radius 1 is 1.14 bits per heavy atom. The molecule has 0 saturated carbocycles. The molecular formula is C22H32N4O2. The zero-order valence-corrected chi connectivity index (χ0v) is 17.6. The van der Waals surface area contributed by atoms with Gasteiger partial charge < -0.3 is 14.8 Å². The zero-order chi connectivity index (χ0) is 20.8. The lowest BCUT2D eigenvalue weighted by atomic mass is 10.1. The fourth-order valence-corrected chi connectivity index (χ4v) is 3.32. The van der Waals surface area contributed by atoms with Crippen molar-refractivity contribution in [3.63, 3.8) is 0 Å². The van der Waals surface area contributed by atoms with Gasteiger partial charge >= 0.3 is 0 Å². The van der Waals surface area contributed by atoms with E-state index in [1.807, 2.05) is 40.7 Å². The summed E-state index contributed by atoms with van der Waals surface area (Å²) in [5, 5.41) is 2.85. The summed E-state index contributed by atoms with van der Waals surface area (Å²) < 4.78 is 1.92. The van der Waals surface area contributed by atoms with E-state index >= 15 is 0 Å². The second kappa shape index (κ2) is 9.53. The monoisotopic (exact) mass is 384 g/mol. The molecule has 1 aromatic heterocycles. The summed E-state index contributed by atoms with van der Waals surface area (Å²) in [6.45, 7) is 15.5. The highest BCUT2D eigenvalue weighted by atomic mass is 16.2. The van der Waals surface area contributed by atoms with Crippen LogP contribution in [0.2, 0.25) is 0 Å². The van der Waals surface area contributed by atoms with Crippen molar-refractivity contribution in [3.05, 3.63) is 42.7 Å². The van der Waals surface area contributed by atoms with Crippen molar-refractivity contribution in [2.45, 2.75) is 47.2 Å². The second-order valence-corrected chi connectivity index (χ2v) is 8.07. The summed E-state index contributed by atoms with van der Waals surface area (Å²) in [6.07, 6.45) is 1.24. The summed E-state index contributed by atoms with van der Waals surface area (Å²) >= 11 is 0. The molecule has 1 unspecified atom stereocenters. The molecule has 0 spiro atoms. The molecular weight excluding hydrogens is 352 g/mol. The van der Waals surface area contributed by atoms with E-state index in [0.717, 1.165) is 24.1 Å². The average Bonchev–Trinajstić information content (AvgIpc) is 2.99. The number of imidazole rings is 1. The molecule has 6 nitrogen and oxygen atoms in total. The van der Waals surface area contributed by atoms with Gasteiger partial charge in [-0.3, -0.25) is 9.59 Å². The van der Waals surface area contributed by atoms with Crippen molar-refractivity contribution in [1.82, 2.24) is 19.8 Å². The summed E-state index contributed by atoms with van der Waals surface area (Å²) in [7, 11) is 0. The number of fused-ring (bicyclic) bond motifs is 1. The highest BCUT2D eigenvalue weighted by Gasteiger charge is 2.22. The van der Waals surface area contributed by atoms with Crippen LogP contribution in [-0.2, 0) is 16.1 Å². The number of aromatic nitrogens is 2. The third kappa shape index (κ3) is 5.44. The van der Waals surface area contributed by atoms with E-state index in [-0.39, 0.29) is 24.4 Å². The van der Waals surface area contributed by atoms with Gasteiger partial charge in [-0.1, -0.05) is 46.4 Å². The van der Waals surface area contributed by atoms with E-state index in [4.69, 9.17) is 0 Å². The van der Waals surface area contributed by atoms with Gasteiger partial charge in [-0.2, -0.15) is 0 Å². The van der Waals surface area contributed by atoms with Gasteiger partial charge in [0.15, 0.2) is 0 Å². The minimum absolute atomic E-state index is 0.0639. The zero-order valence-electron chi connectivity index (χ0n) is 17.6. The van der Waals surface area contributed by atoms with Crippen molar-refractivity contribution in [3.8, 4) is 0 Å². The van der Waals surface area contributed by atoms with Crippen molar-refractivity contribution >= 4 is 22.8 Å². The van der Waals surface area contributed by atoms with E-state index < -0.39 is 0 Å². The molecule has 0 fully saturated rings. The van der Waals surface area contributed by atoms with Crippen LogP contribution < -0.4 is 5.32 Å². The van der Waals surface area contributed by atoms with Gasteiger partial charge in [-0.25, -0.2) is 4.98 Å². The molecule has 0 aliphatic rings. The van der Waals surface area contributed by atoms with Crippen LogP contribution in [0.3, 0.4) is 0 Å². The normalized spacial score (nSPS) is 12.4. The first-order valence-corrected chi connectivity index (χ1v) is 9.88. The van der Waals surface area contributed by atoms with E-state index in [2.05, 4.69) is 44.6 Å². The molecule has 0 bridgehead atoms. The maximum absolute atomic E-state index is 13.2. The molecule has 1 N–H and O–H groups in total. The van der Waals surface area contributed by atoms with E-state index in [9.17, 15) is 9.59 Å². The maximum atomic E-state index is 13.2. The topological polar surface area (TPSA) is 67.2 Å². The lowest BCUT2D eigenvalue weighted by Crippen LogP contribution is -2.39. The minimum Gasteiger partial charge on any atom is -0.343 e. The molecule has 1 aromatic carbocycles. The Balaban J connectivity index is 2.37. The van der Waals surface area contributed by atoms with Gasteiger partial charge in [-0.15, -0.1) is 0 Å². The highest BCUT2D eigenvalue weighted by Crippen LogP contribution is 2.21. The SMILES string of the molecule is C=CC(=O)NC(C)c1nc2ccccc2n1CC(=O)N(CC(C)C)CC(C)C. The van der Waals surface area contributed by atoms with Crippen LogP contribution in [0.1, 0.15) is 46.5 Å². The molecule has 0 aliphatic carbocycles. The van der Waals surface area contributed by atoms with Crippen LogP contribution in [0.25, 0.3) is 11.0 Å². The van der Waals surface area contributed by atoms with Crippen LogP contribution >= 0.6 is 0 Å². The maximum Gasteiger partial charge on any atom is 0.243 e. The number of benzene rings is 1. The number of nitrogens with one attached hydrogen (secondary N) is 1. The van der Waals surface area contributed by atoms with Crippen LogP contribution in [0.5, 0.6) is 0 Å². The number of hydrogen-bond donors (Lipinski definition) is 1. The number of carbonyl (C=O) groups excluding carboxylic acids is 2. The Labute approximate surface area is 167 Å². The fourth-order valence-electron chi connectivity index (χ4n) is 3.32. The van der Waals surface area contributed by atoms with E-state index in [1.54, 1.807) is 0 Å².